The second-order valence-electron chi connectivity index (χ2n) is 10.8. The lowest BCUT2D eigenvalue weighted by Crippen LogP contribution is -2.53. The molecule has 0 spiro atoms. The third-order valence-corrected chi connectivity index (χ3v) is 7.75. The van der Waals surface area contributed by atoms with Crippen LogP contribution in [-0.4, -0.2) is 78.7 Å². The maximum atomic E-state index is 13.9. The van der Waals surface area contributed by atoms with E-state index >= 15 is 0 Å². The molecular weight excluding hydrogens is 557 g/mol. The van der Waals surface area contributed by atoms with Crippen LogP contribution in [0.1, 0.15) is 46.7 Å². The zero-order chi connectivity index (χ0) is 30.1. The number of halogens is 7. The van der Waals surface area contributed by atoms with E-state index in [-0.39, 0.29) is 17.7 Å². The lowest BCUT2D eigenvalue weighted by Gasteiger charge is -2.45. The highest BCUT2D eigenvalue weighted by Gasteiger charge is 2.38. The molecule has 2 aliphatic heterocycles. The van der Waals surface area contributed by atoms with E-state index in [1.165, 1.54) is 24.2 Å². The van der Waals surface area contributed by atoms with Crippen molar-refractivity contribution in [1.29, 1.82) is 0 Å². The molecule has 41 heavy (non-hydrogen) atoms. The van der Waals surface area contributed by atoms with E-state index in [2.05, 4.69) is 16.8 Å². The fourth-order valence-corrected chi connectivity index (χ4v) is 5.47. The number of carbonyl (C=O) groups is 1. The van der Waals surface area contributed by atoms with Crippen molar-refractivity contribution >= 4 is 6.09 Å². The Bertz CT molecular complexity index is 1200. The van der Waals surface area contributed by atoms with Crippen molar-refractivity contribution in [2.75, 3.05) is 46.8 Å². The molecular formula is C28H33F7N4O2. The van der Waals surface area contributed by atoms with Gasteiger partial charge < -0.3 is 14.6 Å². The van der Waals surface area contributed by atoms with Gasteiger partial charge in [0.05, 0.1) is 17.2 Å². The van der Waals surface area contributed by atoms with E-state index in [9.17, 15) is 35.5 Å². The maximum Gasteiger partial charge on any atom is 0.428 e. The van der Waals surface area contributed by atoms with E-state index in [4.69, 9.17) is 4.84 Å². The van der Waals surface area contributed by atoms with E-state index in [0.29, 0.717) is 37.1 Å². The van der Waals surface area contributed by atoms with Gasteiger partial charge in [-0.25, -0.2) is 9.18 Å². The fraction of sp³-hybridized carbons (Fsp3) is 0.536. The first-order chi connectivity index (χ1) is 19.1. The summed E-state index contributed by atoms with van der Waals surface area (Å²) in [5.41, 5.74) is -1.81. The molecule has 2 heterocycles. The van der Waals surface area contributed by atoms with Crippen LogP contribution in [0.25, 0.3) is 0 Å². The van der Waals surface area contributed by atoms with Crippen molar-refractivity contribution in [2.24, 2.45) is 0 Å². The zero-order valence-corrected chi connectivity index (χ0v) is 23.0. The summed E-state index contributed by atoms with van der Waals surface area (Å²) in [6, 6.07) is 5.37. The summed E-state index contributed by atoms with van der Waals surface area (Å²) >= 11 is 0. The third kappa shape index (κ3) is 7.69. The molecule has 2 atom stereocenters. The van der Waals surface area contributed by atoms with Crippen molar-refractivity contribution < 1.29 is 40.4 Å². The molecule has 4 rings (SSSR count). The van der Waals surface area contributed by atoms with Gasteiger partial charge in [0.1, 0.15) is 5.82 Å². The number of hydroxylamine groups is 2. The highest BCUT2D eigenvalue weighted by molar-refractivity contribution is 5.67. The van der Waals surface area contributed by atoms with Crippen LogP contribution >= 0.6 is 0 Å². The van der Waals surface area contributed by atoms with Gasteiger partial charge in [0.25, 0.3) is 0 Å². The summed E-state index contributed by atoms with van der Waals surface area (Å²) in [5, 5.41) is 1.49. The van der Waals surface area contributed by atoms with Gasteiger partial charge in [-0.2, -0.15) is 26.3 Å². The molecule has 0 saturated carbocycles. The number of amides is 1. The van der Waals surface area contributed by atoms with Gasteiger partial charge in [-0.15, -0.1) is 5.06 Å². The minimum absolute atomic E-state index is 0.0436. The number of piperazine rings is 1. The Morgan fingerprint density at radius 3 is 2.12 bits per heavy atom. The lowest BCUT2D eigenvalue weighted by molar-refractivity contribution is -0.166. The van der Waals surface area contributed by atoms with Crippen LogP contribution in [0.15, 0.2) is 36.4 Å². The van der Waals surface area contributed by atoms with Crippen LogP contribution in [0.2, 0.25) is 0 Å². The highest BCUT2D eigenvalue weighted by atomic mass is 19.4. The summed E-state index contributed by atoms with van der Waals surface area (Å²) in [7, 11) is 3.30. The van der Waals surface area contributed by atoms with Crippen LogP contribution in [-0.2, 0) is 23.7 Å². The van der Waals surface area contributed by atoms with Crippen molar-refractivity contribution in [3.05, 3.63) is 70.0 Å². The second-order valence-corrected chi connectivity index (χ2v) is 10.8. The van der Waals surface area contributed by atoms with E-state index in [1.54, 1.807) is 13.0 Å². The van der Waals surface area contributed by atoms with Crippen molar-refractivity contribution in [3.63, 3.8) is 0 Å². The Labute approximate surface area is 234 Å². The minimum atomic E-state index is -5.00. The highest BCUT2D eigenvalue weighted by Crippen LogP contribution is 2.38. The number of nitrogens with zero attached hydrogens (tertiary/aromatic N) is 4. The standard InChI is InChI=1S/C28H33F7N4O2/c1-18-12-22(29)4-5-24(18)25-16-23(38-10-8-36(2)9-11-38)6-7-39(25)41-26(40)37(3)17-19-13-20(27(30,31)32)15-21(14-19)28(33,34)35/h4-5,12-15,23,25H,6-11,16-17H2,1-3H3/t23-,25-/m1/s1. The monoisotopic (exact) mass is 590 g/mol. The summed E-state index contributed by atoms with van der Waals surface area (Å²) < 4.78 is 93.6. The molecule has 2 aromatic rings. The molecule has 1 amide bonds. The number of rotatable bonds is 5. The Hall–Kier alpha value is -2.90. The molecule has 2 aromatic carbocycles. The fourth-order valence-electron chi connectivity index (χ4n) is 5.47. The first-order valence-corrected chi connectivity index (χ1v) is 13.3. The van der Waals surface area contributed by atoms with Gasteiger partial charge >= 0.3 is 18.4 Å². The average Bonchev–Trinajstić information content (AvgIpc) is 2.88. The van der Waals surface area contributed by atoms with Gasteiger partial charge in [0, 0.05) is 52.4 Å². The SMILES string of the molecule is Cc1cc(F)ccc1[C@H]1C[C@H](N2CCN(C)CC2)CCN1OC(=O)N(C)Cc1cc(C(F)(F)F)cc(C(F)(F)F)c1. The molecule has 2 aliphatic rings. The predicted octanol–water partition coefficient (Wildman–Crippen LogP) is 6.11. The molecule has 0 aromatic heterocycles. The van der Waals surface area contributed by atoms with E-state index in [0.717, 1.165) is 36.6 Å². The Morgan fingerprint density at radius 2 is 1.56 bits per heavy atom. The number of hydrogen-bond donors (Lipinski definition) is 0. The lowest BCUT2D eigenvalue weighted by atomic mass is 9.89. The molecule has 6 nitrogen and oxygen atoms in total. The zero-order valence-electron chi connectivity index (χ0n) is 23.0. The van der Waals surface area contributed by atoms with E-state index in [1.807, 2.05) is 0 Å². The smallest absolute Gasteiger partial charge is 0.350 e. The molecule has 2 fully saturated rings. The first-order valence-electron chi connectivity index (χ1n) is 13.3. The van der Waals surface area contributed by atoms with Crippen molar-refractivity contribution in [3.8, 4) is 0 Å². The molecule has 0 radical (unpaired) electrons. The van der Waals surface area contributed by atoms with Gasteiger partial charge in [-0.05, 0) is 73.8 Å². The second kappa shape index (κ2) is 12.1. The van der Waals surface area contributed by atoms with Crippen LogP contribution in [0.5, 0.6) is 0 Å². The summed E-state index contributed by atoms with van der Waals surface area (Å²) in [6.45, 7) is 5.18. The molecule has 0 N–H and O–H groups in total. The number of likely N-dealkylation sites (N-methyl/N-ethyl adjacent to an activating group) is 1. The molecule has 0 aliphatic carbocycles. The van der Waals surface area contributed by atoms with Crippen LogP contribution in [0.3, 0.4) is 0 Å². The summed E-state index contributed by atoms with van der Waals surface area (Å²) in [6.07, 6.45) is -9.65. The number of hydrogen-bond acceptors (Lipinski definition) is 5. The van der Waals surface area contributed by atoms with Gasteiger partial charge in [-0.1, -0.05) is 6.07 Å². The first kappa shape index (κ1) is 31.0. The molecule has 0 bridgehead atoms. The number of alkyl halides is 6. The minimum Gasteiger partial charge on any atom is -0.350 e. The molecule has 2 saturated heterocycles. The number of piperidine rings is 1. The van der Waals surface area contributed by atoms with Crippen LogP contribution < -0.4 is 0 Å². The summed E-state index contributed by atoms with van der Waals surface area (Å²) in [4.78, 5) is 24.3. The number of benzene rings is 2. The third-order valence-electron chi connectivity index (χ3n) is 7.75. The Morgan fingerprint density at radius 1 is 0.951 bits per heavy atom. The molecule has 0 unspecified atom stereocenters. The Kier molecular flexibility index (Phi) is 9.19. The summed E-state index contributed by atoms with van der Waals surface area (Å²) in [5.74, 6) is -0.403. The van der Waals surface area contributed by atoms with Gasteiger partial charge in [0.2, 0.25) is 0 Å². The van der Waals surface area contributed by atoms with Crippen molar-refractivity contribution in [1.82, 2.24) is 19.8 Å². The predicted molar refractivity (Wildman–Crippen MR) is 137 cm³/mol. The van der Waals surface area contributed by atoms with E-state index < -0.39 is 48.0 Å². The number of aryl methyl sites for hydroxylation is 1. The Balaban J connectivity index is 1.52. The van der Waals surface area contributed by atoms with Gasteiger partial charge in [-0.3, -0.25) is 4.90 Å². The topological polar surface area (TPSA) is 39.3 Å². The quantitative estimate of drug-likeness (QED) is 0.393. The van der Waals surface area contributed by atoms with Gasteiger partial charge in [0.15, 0.2) is 0 Å². The number of carbonyl (C=O) groups excluding carboxylic acids is 1. The average molecular weight is 591 g/mol. The molecule has 13 heteroatoms. The molecule has 226 valence electrons. The normalized spacial score (nSPS) is 21.6. The maximum absolute atomic E-state index is 13.9. The largest absolute Gasteiger partial charge is 0.428 e. The van der Waals surface area contributed by atoms with Crippen LogP contribution in [0.4, 0.5) is 35.5 Å². The van der Waals surface area contributed by atoms with Crippen molar-refractivity contribution in [2.45, 2.75) is 50.7 Å². The van der Waals surface area contributed by atoms with Crippen LogP contribution in [0, 0.1) is 12.7 Å².